The minimum Gasteiger partial charge on any atom is -0.0616 e. The van der Waals surface area contributed by atoms with Crippen LogP contribution >= 0.6 is 0 Å². The Bertz CT molecular complexity index is 1320. The van der Waals surface area contributed by atoms with E-state index in [2.05, 4.69) is 123 Å². The standard InChI is InChI=1S/C35H44/c1-10-24-22-23(3)29(11-2)33-31(26-14-18-28(19-15-26)35(7,8)9)21-20-30(32(24)33)25-12-16-27(17-13-25)34(4,5)6/h12-21,23H,10-11,22H2,1-9H3. The lowest BCUT2D eigenvalue weighted by Crippen LogP contribution is -2.38. The van der Waals surface area contributed by atoms with Gasteiger partial charge in [0.05, 0.1) is 0 Å². The number of rotatable bonds is 4. The molecule has 0 saturated heterocycles. The van der Waals surface area contributed by atoms with E-state index in [1.165, 1.54) is 50.2 Å². The lowest BCUT2D eigenvalue weighted by molar-refractivity contribution is 0.590. The van der Waals surface area contributed by atoms with Gasteiger partial charge in [0, 0.05) is 0 Å². The van der Waals surface area contributed by atoms with Gasteiger partial charge in [-0.2, -0.15) is 0 Å². The third-order valence-corrected chi connectivity index (χ3v) is 7.96. The van der Waals surface area contributed by atoms with Gasteiger partial charge in [-0.05, 0) is 79.8 Å². The Kier molecular flexibility index (Phi) is 6.89. The van der Waals surface area contributed by atoms with E-state index in [0.717, 1.165) is 12.8 Å². The van der Waals surface area contributed by atoms with Crippen molar-refractivity contribution in [3.05, 3.63) is 82.2 Å². The monoisotopic (exact) mass is 464 g/mol. The van der Waals surface area contributed by atoms with Gasteiger partial charge in [-0.3, -0.25) is 0 Å². The van der Waals surface area contributed by atoms with Crippen LogP contribution in [0.25, 0.3) is 33.4 Å². The molecule has 35 heavy (non-hydrogen) atoms. The van der Waals surface area contributed by atoms with Crippen LogP contribution in [0.2, 0.25) is 0 Å². The lowest BCUT2D eigenvalue weighted by Gasteiger charge is -2.26. The van der Waals surface area contributed by atoms with E-state index in [1.807, 2.05) is 0 Å². The molecule has 1 unspecified atom stereocenters. The first-order chi connectivity index (χ1) is 16.5. The summed E-state index contributed by atoms with van der Waals surface area (Å²) in [4.78, 5) is 0. The Hall–Kier alpha value is -2.60. The molecular weight excluding hydrogens is 420 g/mol. The van der Waals surface area contributed by atoms with Gasteiger partial charge in [0.2, 0.25) is 0 Å². The third-order valence-electron chi connectivity index (χ3n) is 7.96. The van der Waals surface area contributed by atoms with Crippen LogP contribution in [0.4, 0.5) is 0 Å². The highest BCUT2D eigenvalue weighted by molar-refractivity contribution is 5.79. The van der Waals surface area contributed by atoms with E-state index in [4.69, 9.17) is 0 Å². The molecule has 4 rings (SSSR count). The summed E-state index contributed by atoms with van der Waals surface area (Å²) in [5, 5.41) is 3.01. The molecule has 1 aliphatic carbocycles. The molecule has 0 aliphatic heterocycles. The van der Waals surface area contributed by atoms with E-state index in [0.29, 0.717) is 5.92 Å². The van der Waals surface area contributed by atoms with Crippen molar-refractivity contribution in [1.29, 1.82) is 0 Å². The maximum Gasteiger partial charge on any atom is -0.0105 e. The Morgan fingerprint density at radius 1 is 0.600 bits per heavy atom. The van der Waals surface area contributed by atoms with Crippen LogP contribution in [0.5, 0.6) is 0 Å². The van der Waals surface area contributed by atoms with Crippen LogP contribution in [0, 0.1) is 5.92 Å². The zero-order chi connectivity index (χ0) is 25.5. The van der Waals surface area contributed by atoms with Crippen LogP contribution in [0.1, 0.15) is 92.7 Å². The zero-order valence-corrected chi connectivity index (χ0v) is 23.5. The first kappa shape index (κ1) is 25.5. The summed E-state index contributed by atoms with van der Waals surface area (Å²) in [7, 11) is 0. The van der Waals surface area contributed by atoms with Crippen LogP contribution in [0.15, 0.2) is 60.7 Å². The van der Waals surface area contributed by atoms with Gasteiger partial charge in [-0.15, -0.1) is 0 Å². The van der Waals surface area contributed by atoms with E-state index in [9.17, 15) is 0 Å². The maximum absolute atomic E-state index is 2.43. The summed E-state index contributed by atoms with van der Waals surface area (Å²) < 4.78 is 0. The van der Waals surface area contributed by atoms with Crippen molar-refractivity contribution in [3.63, 3.8) is 0 Å². The van der Waals surface area contributed by atoms with Crippen LogP contribution in [-0.2, 0) is 10.8 Å². The summed E-state index contributed by atoms with van der Waals surface area (Å²) in [5.41, 5.74) is 11.8. The number of hydrogen-bond acceptors (Lipinski definition) is 0. The molecule has 0 bridgehead atoms. The molecule has 0 heterocycles. The average Bonchev–Trinajstić information content (AvgIpc) is 2.82. The SMILES string of the molecule is CCC1=c2c(-c3ccc(C(C)(C)C)cc3)ccc(-c3ccc(C(C)(C)C)cc3)c2=C(CC)C(C)C1. The molecule has 0 amide bonds. The van der Waals surface area contributed by atoms with Crippen molar-refractivity contribution in [3.8, 4) is 22.3 Å². The number of fused-ring (bicyclic) bond motifs is 1. The minimum atomic E-state index is 0.166. The van der Waals surface area contributed by atoms with Gasteiger partial charge >= 0.3 is 0 Å². The van der Waals surface area contributed by atoms with Crippen LogP contribution in [0.3, 0.4) is 0 Å². The molecular formula is C35H44. The molecule has 1 aliphatic rings. The second-order valence-electron chi connectivity index (χ2n) is 12.5. The first-order valence-electron chi connectivity index (χ1n) is 13.6. The predicted molar refractivity (Wildman–Crippen MR) is 155 cm³/mol. The van der Waals surface area contributed by atoms with E-state index >= 15 is 0 Å². The van der Waals surface area contributed by atoms with E-state index in [1.54, 1.807) is 11.1 Å². The fourth-order valence-electron chi connectivity index (χ4n) is 5.77. The largest absolute Gasteiger partial charge is 0.0616 e. The highest BCUT2D eigenvalue weighted by Gasteiger charge is 2.22. The Balaban J connectivity index is 2.02. The summed E-state index contributed by atoms with van der Waals surface area (Å²) in [6.45, 7) is 20.8. The molecule has 1 atom stereocenters. The highest BCUT2D eigenvalue weighted by Crippen LogP contribution is 2.32. The summed E-state index contributed by atoms with van der Waals surface area (Å²) in [6.07, 6.45) is 3.38. The fourth-order valence-corrected chi connectivity index (χ4v) is 5.77. The molecule has 0 nitrogen and oxygen atoms in total. The minimum absolute atomic E-state index is 0.166. The molecule has 0 heteroatoms. The Labute approximate surface area is 213 Å². The predicted octanol–water partition coefficient (Wildman–Crippen LogP) is 8.78. The Morgan fingerprint density at radius 2 is 1.03 bits per heavy atom. The van der Waals surface area contributed by atoms with Gasteiger partial charge in [-0.25, -0.2) is 0 Å². The normalized spacial score (nSPS) is 16.4. The van der Waals surface area contributed by atoms with Crippen molar-refractivity contribution in [2.24, 2.45) is 5.92 Å². The molecule has 0 N–H and O–H groups in total. The van der Waals surface area contributed by atoms with Crippen molar-refractivity contribution < 1.29 is 0 Å². The van der Waals surface area contributed by atoms with Crippen molar-refractivity contribution in [2.45, 2.75) is 92.4 Å². The molecule has 3 aromatic carbocycles. The first-order valence-corrected chi connectivity index (χ1v) is 13.6. The molecule has 0 spiro atoms. The smallest absolute Gasteiger partial charge is 0.0105 e. The molecule has 184 valence electrons. The average molecular weight is 465 g/mol. The van der Waals surface area contributed by atoms with E-state index < -0.39 is 0 Å². The second-order valence-corrected chi connectivity index (χ2v) is 12.5. The molecule has 0 saturated carbocycles. The van der Waals surface area contributed by atoms with Crippen molar-refractivity contribution >= 4 is 11.1 Å². The quantitative estimate of drug-likeness (QED) is 0.362. The lowest BCUT2D eigenvalue weighted by atomic mass is 9.78. The van der Waals surface area contributed by atoms with Gasteiger partial charge < -0.3 is 0 Å². The topological polar surface area (TPSA) is 0 Å². The summed E-state index contributed by atoms with van der Waals surface area (Å²) >= 11 is 0. The van der Waals surface area contributed by atoms with Crippen molar-refractivity contribution in [2.75, 3.05) is 0 Å². The number of benzene rings is 3. The van der Waals surface area contributed by atoms with Gasteiger partial charge in [0.15, 0.2) is 0 Å². The fraction of sp³-hybridized carbons (Fsp3) is 0.429. The molecule has 3 aromatic rings. The summed E-state index contributed by atoms with van der Waals surface area (Å²) in [5.74, 6) is 0.591. The highest BCUT2D eigenvalue weighted by atomic mass is 14.3. The second kappa shape index (κ2) is 9.45. The molecule has 0 aromatic heterocycles. The van der Waals surface area contributed by atoms with Crippen molar-refractivity contribution in [1.82, 2.24) is 0 Å². The maximum atomic E-state index is 2.43. The molecule has 0 fully saturated rings. The van der Waals surface area contributed by atoms with Gasteiger partial charge in [0.25, 0.3) is 0 Å². The third kappa shape index (κ3) is 4.90. The Morgan fingerprint density at radius 3 is 1.40 bits per heavy atom. The van der Waals surface area contributed by atoms with Crippen LogP contribution in [-0.4, -0.2) is 0 Å². The summed E-state index contributed by atoms with van der Waals surface area (Å²) in [6, 6.07) is 23.4. The number of hydrogen-bond donors (Lipinski definition) is 0. The molecule has 0 radical (unpaired) electrons. The van der Waals surface area contributed by atoms with Crippen LogP contribution < -0.4 is 10.4 Å². The zero-order valence-electron chi connectivity index (χ0n) is 23.5. The van der Waals surface area contributed by atoms with Gasteiger partial charge in [-0.1, -0.05) is 134 Å². The van der Waals surface area contributed by atoms with Gasteiger partial charge in [0.1, 0.15) is 0 Å². The van der Waals surface area contributed by atoms with E-state index in [-0.39, 0.29) is 10.8 Å².